The fourth-order valence-electron chi connectivity index (χ4n) is 3.92. The first kappa shape index (κ1) is 23.2. The zero-order valence-corrected chi connectivity index (χ0v) is 19.4. The van der Waals surface area contributed by atoms with E-state index < -0.39 is 11.6 Å². The highest BCUT2D eigenvalue weighted by atomic mass is 16.7. The lowest BCUT2D eigenvalue weighted by Gasteiger charge is -2.23. The fraction of sp³-hybridized carbons (Fsp3) is 0.320. The van der Waals surface area contributed by atoms with Crippen LogP contribution in [0.3, 0.4) is 0 Å². The second kappa shape index (κ2) is 9.86. The second-order valence-corrected chi connectivity index (χ2v) is 8.45. The molecule has 0 saturated carbocycles. The third-order valence-corrected chi connectivity index (χ3v) is 5.62. The van der Waals surface area contributed by atoms with Gasteiger partial charge in [0.25, 0.3) is 5.91 Å². The average Bonchev–Trinajstić information content (AvgIpc) is 3.49. The van der Waals surface area contributed by atoms with Crippen LogP contribution in [0, 0.1) is 0 Å². The number of ether oxygens (including phenoxy) is 1. The van der Waals surface area contributed by atoms with E-state index in [4.69, 9.17) is 9.57 Å². The van der Waals surface area contributed by atoms with Crippen LogP contribution < -0.4 is 5.32 Å². The summed E-state index contributed by atoms with van der Waals surface area (Å²) < 4.78 is 6.69. The number of hydrogen-bond acceptors (Lipinski definition) is 7. The van der Waals surface area contributed by atoms with Gasteiger partial charge in [0.2, 0.25) is 5.60 Å². The van der Waals surface area contributed by atoms with Gasteiger partial charge in [0.15, 0.2) is 0 Å². The summed E-state index contributed by atoms with van der Waals surface area (Å²) in [5, 5.41) is 11.6. The van der Waals surface area contributed by atoms with Crippen molar-refractivity contribution in [1.29, 1.82) is 0 Å². The quantitative estimate of drug-likeness (QED) is 0.516. The van der Waals surface area contributed by atoms with Crippen molar-refractivity contribution in [3.63, 3.8) is 0 Å². The molecule has 1 unspecified atom stereocenters. The minimum Gasteiger partial charge on any atom is -0.466 e. The number of amides is 1. The molecule has 0 radical (unpaired) electrons. The lowest BCUT2D eigenvalue weighted by atomic mass is 9.89. The molecule has 1 aliphatic rings. The number of hydrogen-bond donors (Lipinski definition) is 1. The molecule has 0 bridgehead atoms. The van der Waals surface area contributed by atoms with Gasteiger partial charge in [-0.15, -0.1) is 0 Å². The Morgan fingerprint density at radius 3 is 2.59 bits per heavy atom. The van der Waals surface area contributed by atoms with Crippen LogP contribution in [0.4, 0.5) is 0 Å². The van der Waals surface area contributed by atoms with Gasteiger partial charge in [0.1, 0.15) is 5.69 Å². The lowest BCUT2D eigenvalue weighted by molar-refractivity contribution is -0.166. The summed E-state index contributed by atoms with van der Waals surface area (Å²) in [5.41, 5.74) is 2.24. The van der Waals surface area contributed by atoms with Gasteiger partial charge in [-0.1, -0.05) is 35.5 Å². The molecule has 3 heterocycles. The first-order valence-electron chi connectivity index (χ1n) is 11.1. The zero-order valence-electron chi connectivity index (χ0n) is 19.4. The predicted octanol–water partition coefficient (Wildman–Crippen LogP) is 3.19. The van der Waals surface area contributed by atoms with E-state index in [1.165, 1.54) is 7.11 Å². The van der Waals surface area contributed by atoms with Crippen molar-refractivity contribution >= 4 is 17.6 Å². The standard InChI is InChI=1S/C25H27N5O4/c1-17(2)30-22(13-21(28-30)19-9-11-26-12-10-19)23(31)27-16-20-15-25(34-29-20,24(32)33-3)14-18-7-5-4-6-8-18/h4-13,17H,14-16H2,1-3H3,(H,27,31). The maximum atomic E-state index is 13.0. The first-order valence-corrected chi connectivity index (χ1v) is 11.1. The highest BCUT2D eigenvalue weighted by Gasteiger charge is 2.47. The van der Waals surface area contributed by atoms with Crippen LogP contribution in [-0.4, -0.2) is 51.6 Å². The minimum atomic E-state index is -1.25. The zero-order chi connectivity index (χ0) is 24.1. The predicted molar refractivity (Wildman–Crippen MR) is 126 cm³/mol. The summed E-state index contributed by atoms with van der Waals surface area (Å²) in [6.07, 6.45) is 3.91. The Bertz CT molecular complexity index is 1190. The van der Waals surface area contributed by atoms with Gasteiger partial charge in [0, 0.05) is 36.8 Å². The van der Waals surface area contributed by atoms with Gasteiger partial charge >= 0.3 is 5.97 Å². The van der Waals surface area contributed by atoms with Gasteiger partial charge in [-0.05, 0) is 37.6 Å². The normalized spacial score (nSPS) is 17.2. The molecule has 176 valence electrons. The number of aromatic nitrogens is 3. The third kappa shape index (κ3) is 4.83. The van der Waals surface area contributed by atoms with Gasteiger partial charge in [0.05, 0.1) is 25.1 Å². The number of nitrogens with zero attached hydrogens (tertiary/aromatic N) is 4. The molecular weight excluding hydrogens is 434 g/mol. The summed E-state index contributed by atoms with van der Waals surface area (Å²) in [4.78, 5) is 35.3. The maximum Gasteiger partial charge on any atom is 0.353 e. The Kier molecular flexibility index (Phi) is 6.72. The molecule has 4 rings (SSSR count). The number of rotatable bonds is 8. The fourth-order valence-corrected chi connectivity index (χ4v) is 3.92. The van der Waals surface area contributed by atoms with Crippen LogP contribution in [0.1, 0.15) is 42.4 Å². The first-order chi connectivity index (χ1) is 16.4. The molecule has 34 heavy (non-hydrogen) atoms. The highest BCUT2D eigenvalue weighted by Crippen LogP contribution is 2.30. The van der Waals surface area contributed by atoms with Crippen LogP contribution in [0.25, 0.3) is 11.3 Å². The van der Waals surface area contributed by atoms with Crippen molar-refractivity contribution < 1.29 is 19.2 Å². The molecule has 1 aliphatic heterocycles. The van der Waals surface area contributed by atoms with E-state index in [1.807, 2.05) is 56.3 Å². The Hall–Kier alpha value is -4.01. The lowest BCUT2D eigenvalue weighted by Crippen LogP contribution is -2.43. The summed E-state index contributed by atoms with van der Waals surface area (Å²) in [7, 11) is 1.33. The molecule has 9 nitrogen and oxygen atoms in total. The van der Waals surface area contributed by atoms with Crippen molar-refractivity contribution in [2.24, 2.45) is 5.16 Å². The molecule has 2 aromatic heterocycles. The van der Waals surface area contributed by atoms with E-state index in [0.29, 0.717) is 23.5 Å². The van der Waals surface area contributed by atoms with E-state index in [1.54, 1.807) is 23.1 Å². The molecule has 1 N–H and O–H groups in total. The van der Waals surface area contributed by atoms with Gasteiger partial charge in [-0.2, -0.15) is 5.10 Å². The Morgan fingerprint density at radius 1 is 1.18 bits per heavy atom. The number of carbonyl (C=O) groups excluding carboxylic acids is 2. The minimum absolute atomic E-state index is 0.0126. The molecular formula is C25H27N5O4. The monoisotopic (exact) mass is 461 g/mol. The van der Waals surface area contributed by atoms with Crippen molar-refractivity contribution in [3.8, 4) is 11.3 Å². The molecule has 0 fully saturated rings. The summed E-state index contributed by atoms with van der Waals surface area (Å²) in [6.45, 7) is 4.06. The second-order valence-electron chi connectivity index (χ2n) is 8.45. The van der Waals surface area contributed by atoms with Gasteiger partial charge < -0.3 is 14.9 Å². The summed E-state index contributed by atoms with van der Waals surface area (Å²) >= 11 is 0. The van der Waals surface area contributed by atoms with E-state index in [2.05, 4.69) is 20.6 Å². The molecule has 3 aromatic rings. The number of oxime groups is 1. The van der Waals surface area contributed by atoms with Crippen molar-refractivity contribution in [2.75, 3.05) is 13.7 Å². The van der Waals surface area contributed by atoms with E-state index in [9.17, 15) is 9.59 Å². The highest BCUT2D eigenvalue weighted by molar-refractivity contribution is 5.99. The SMILES string of the molecule is COC(=O)C1(Cc2ccccc2)CC(CNC(=O)c2cc(-c3ccncc3)nn2C(C)C)=NO1. The number of esters is 1. The Balaban J connectivity index is 1.46. The van der Waals surface area contributed by atoms with Gasteiger partial charge in [-0.3, -0.25) is 14.5 Å². The molecule has 1 amide bonds. The van der Waals surface area contributed by atoms with E-state index in [-0.39, 0.29) is 24.9 Å². The third-order valence-electron chi connectivity index (χ3n) is 5.62. The van der Waals surface area contributed by atoms with Crippen LogP contribution in [-0.2, 0) is 20.8 Å². The molecule has 0 spiro atoms. The Morgan fingerprint density at radius 2 is 1.91 bits per heavy atom. The molecule has 0 aliphatic carbocycles. The summed E-state index contributed by atoms with van der Waals surface area (Å²) in [5.74, 6) is -0.788. The maximum absolute atomic E-state index is 13.0. The van der Waals surface area contributed by atoms with Crippen LogP contribution >= 0.6 is 0 Å². The number of pyridine rings is 1. The molecule has 9 heteroatoms. The van der Waals surface area contributed by atoms with E-state index >= 15 is 0 Å². The topological polar surface area (TPSA) is 108 Å². The summed E-state index contributed by atoms with van der Waals surface area (Å²) in [6, 6.07) is 15.0. The van der Waals surface area contributed by atoms with Crippen LogP contribution in [0.2, 0.25) is 0 Å². The largest absolute Gasteiger partial charge is 0.466 e. The van der Waals surface area contributed by atoms with Crippen molar-refractivity contribution in [3.05, 3.63) is 72.2 Å². The molecule has 0 saturated heterocycles. The average molecular weight is 462 g/mol. The van der Waals surface area contributed by atoms with Crippen LogP contribution in [0.15, 0.2) is 66.1 Å². The number of carbonyl (C=O) groups is 2. The number of methoxy groups -OCH3 is 1. The van der Waals surface area contributed by atoms with Gasteiger partial charge in [-0.25, -0.2) is 4.79 Å². The number of benzene rings is 1. The van der Waals surface area contributed by atoms with Crippen molar-refractivity contribution in [2.45, 2.75) is 38.3 Å². The van der Waals surface area contributed by atoms with Crippen molar-refractivity contribution in [1.82, 2.24) is 20.1 Å². The molecule has 1 aromatic carbocycles. The van der Waals surface area contributed by atoms with Crippen LogP contribution in [0.5, 0.6) is 0 Å². The smallest absolute Gasteiger partial charge is 0.353 e. The molecule has 1 atom stereocenters. The number of nitrogens with one attached hydrogen (secondary N) is 1. The Labute approximate surface area is 197 Å². The van der Waals surface area contributed by atoms with E-state index in [0.717, 1.165) is 11.1 Å².